The molecular formula is C18H19N3O2S2. The van der Waals surface area contributed by atoms with Crippen LogP contribution in [-0.2, 0) is 11.3 Å². The summed E-state index contributed by atoms with van der Waals surface area (Å²) in [4.78, 5) is 30.9. The van der Waals surface area contributed by atoms with Gasteiger partial charge in [-0.2, -0.15) is 0 Å². The van der Waals surface area contributed by atoms with Crippen LogP contribution in [0.15, 0.2) is 34.4 Å². The molecule has 25 heavy (non-hydrogen) atoms. The molecule has 1 aromatic carbocycles. The molecule has 1 fully saturated rings. The topological polar surface area (TPSA) is 55.2 Å². The van der Waals surface area contributed by atoms with Crippen LogP contribution in [0.4, 0.5) is 0 Å². The maximum Gasteiger partial charge on any atom is 0.307 e. The van der Waals surface area contributed by atoms with Crippen molar-refractivity contribution in [2.24, 2.45) is 0 Å². The first-order valence-electron chi connectivity index (χ1n) is 8.40. The Kier molecular flexibility index (Phi) is 4.43. The van der Waals surface area contributed by atoms with E-state index < -0.39 is 0 Å². The van der Waals surface area contributed by atoms with E-state index in [1.807, 2.05) is 24.0 Å². The number of nitrogens with zero attached hydrogens (tertiary/aromatic N) is 3. The van der Waals surface area contributed by atoms with Crippen molar-refractivity contribution in [3.05, 3.63) is 50.0 Å². The Morgan fingerprint density at radius 1 is 1.28 bits per heavy atom. The molecule has 0 atom stereocenters. The van der Waals surface area contributed by atoms with E-state index in [0.717, 1.165) is 48.5 Å². The van der Waals surface area contributed by atoms with Gasteiger partial charge in [-0.1, -0.05) is 23.5 Å². The highest BCUT2D eigenvalue weighted by Crippen LogP contribution is 2.33. The number of hydrogen-bond donors (Lipinski definition) is 0. The predicted molar refractivity (Wildman–Crippen MR) is 101 cm³/mol. The molecule has 2 aromatic heterocycles. The van der Waals surface area contributed by atoms with Crippen LogP contribution in [0.2, 0.25) is 0 Å². The Morgan fingerprint density at radius 3 is 2.72 bits per heavy atom. The van der Waals surface area contributed by atoms with Crippen LogP contribution in [0.3, 0.4) is 0 Å². The molecule has 1 amide bonds. The fraction of sp³-hybridized carbons (Fsp3) is 0.389. The summed E-state index contributed by atoms with van der Waals surface area (Å²) >= 11 is 2.91. The van der Waals surface area contributed by atoms with Crippen molar-refractivity contribution in [1.82, 2.24) is 14.5 Å². The van der Waals surface area contributed by atoms with Gasteiger partial charge >= 0.3 is 4.87 Å². The van der Waals surface area contributed by atoms with Crippen LogP contribution in [0.25, 0.3) is 10.2 Å². The average molecular weight is 374 g/mol. The number of rotatable bonds is 3. The Bertz CT molecular complexity index is 931. The van der Waals surface area contributed by atoms with Gasteiger partial charge in [-0.15, -0.1) is 11.3 Å². The lowest BCUT2D eigenvalue weighted by Crippen LogP contribution is -2.40. The number of aromatic nitrogens is 2. The van der Waals surface area contributed by atoms with Crippen LogP contribution in [0.5, 0.6) is 0 Å². The number of hydrogen-bond acceptors (Lipinski definition) is 5. The van der Waals surface area contributed by atoms with Crippen molar-refractivity contribution < 1.29 is 4.79 Å². The van der Waals surface area contributed by atoms with Gasteiger partial charge in [0.15, 0.2) is 0 Å². The molecule has 0 N–H and O–H groups in total. The standard InChI is InChI=1S/C18H19N3O2S2/c1-12-11-24-18(23)21(12)10-16(22)20-8-6-13(7-9-20)17-19-14-4-2-3-5-15(14)25-17/h2-5,11,13H,6-10H2,1H3. The highest BCUT2D eigenvalue weighted by Gasteiger charge is 2.26. The minimum atomic E-state index is -0.0600. The number of carbonyl (C=O) groups is 1. The highest BCUT2D eigenvalue weighted by atomic mass is 32.1. The molecule has 0 bridgehead atoms. The number of benzene rings is 1. The molecule has 7 heteroatoms. The van der Waals surface area contributed by atoms with E-state index in [1.165, 1.54) is 9.71 Å². The summed E-state index contributed by atoms with van der Waals surface area (Å²) in [7, 11) is 0. The molecule has 1 saturated heterocycles. The Hall–Kier alpha value is -1.99. The molecule has 0 aliphatic carbocycles. The van der Waals surface area contributed by atoms with E-state index in [1.54, 1.807) is 21.3 Å². The molecule has 130 valence electrons. The van der Waals surface area contributed by atoms with Crippen molar-refractivity contribution in [3.63, 3.8) is 0 Å². The summed E-state index contributed by atoms with van der Waals surface area (Å²) in [6, 6.07) is 8.21. The van der Waals surface area contributed by atoms with Gasteiger partial charge in [0.25, 0.3) is 0 Å². The molecule has 0 unspecified atom stereocenters. The van der Waals surface area contributed by atoms with Gasteiger partial charge in [-0.05, 0) is 31.9 Å². The first-order valence-corrected chi connectivity index (χ1v) is 10.1. The van der Waals surface area contributed by atoms with Gasteiger partial charge < -0.3 is 4.90 Å². The normalized spacial score (nSPS) is 15.8. The first-order chi connectivity index (χ1) is 12.1. The Morgan fingerprint density at radius 2 is 2.04 bits per heavy atom. The SMILES string of the molecule is Cc1csc(=O)n1CC(=O)N1CCC(c2nc3ccccc3s2)CC1. The second kappa shape index (κ2) is 6.72. The highest BCUT2D eigenvalue weighted by molar-refractivity contribution is 7.18. The zero-order valence-electron chi connectivity index (χ0n) is 14.0. The second-order valence-corrected chi connectivity index (χ2v) is 8.29. The van der Waals surface area contributed by atoms with Crippen LogP contribution < -0.4 is 4.87 Å². The van der Waals surface area contributed by atoms with Gasteiger partial charge in [0.05, 0.1) is 15.2 Å². The molecule has 1 aliphatic heterocycles. The first kappa shape index (κ1) is 16.5. The van der Waals surface area contributed by atoms with Crippen molar-refractivity contribution >= 4 is 38.8 Å². The number of thiazole rings is 2. The zero-order chi connectivity index (χ0) is 17.4. The minimum Gasteiger partial charge on any atom is -0.341 e. The molecule has 3 aromatic rings. The molecule has 0 saturated carbocycles. The third kappa shape index (κ3) is 3.26. The average Bonchev–Trinajstić information content (AvgIpc) is 3.20. The molecule has 5 nitrogen and oxygen atoms in total. The summed E-state index contributed by atoms with van der Waals surface area (Å²) in [5, 5.41) is 2.98. The van der Waals surface area contributed by atoms with Gasteiger partial charge in [0, 0.05) is 30.1 Å². The fourth-order valence-corrected chi connectivity index (χ4v) is 5.14. The van der Waals surface area contributed by atoms with E-state index in [-0.39, 0.29) is 17.3 Å². The summed E-state index contributed by atoms with van der Waals surface area (Å²) in [5.41, 5.74) is 1.92. The number of para-hydroxylation sites is 1. The smallest absolute Gasteiger partial charge is 0.307 e. The van der Waals surface area contributed by atoms with Gasteiger partial charge in [-0.3, -0.25) is 14.2 Å². The second-order valence-electron chi connectivity index (χ2n) is 6.40. The number of aryl methyl sites for hydroxylation is 1. The summed E-state index contributed by atoms with van der Waals surface area (Å²) in [5.74, 6) is 0.457. The van der Waals surface area contributed by atoms with Gasteiger partial charge in [0.1, 0.15) is 6.54 Å². The van der Waals surface area contributed by atoms with E-state index in [0.29, 0.717) is 5.92 Å². The number of likely N-dealkylation sites (tertiary alicyclic amines) is 1. The lowest BCUT2D eigenvalue weighted by molar-refractivity contribution is -0.132. The summed E-state index contributed by atoms with van der Waals surface area (Å²) in [6.07, 6.45) is 1.87. The number of amides is 1. The summed E-state index contributed by atoms with van der Waals surface area (Å²) < 4.78 is 2.79. The lowest BCUT2D eigenvalue weighted by atomic mass is 9.97. The summed E-state index contributed by atoms with van der Waals surface area (Å²) in [6.45, 7) is 3.49. The molecule has 0 radical (unpaired) electrons. The maximum absolute atomic E-state index is 12.5. The van der Waals surface area contributed by atoms with E-state index in [9.17, 15) is 9.59 Å². The number of fused-ring (bicyclic) bond motifs is 1. The molecule has 1 aliphatic rings. The monoisotopic (exact) mass is 373 g/mol. The van der Waals surface area contributed by atoms with Crippen LogP contribution in [-0.4, -0.2) is 33.4 Å². The maximum atomic E-state index is 12.5. The van der Waals surface area contributed by atoms with E-state index in [4.69, 9.17) is 4.98 Å². The van der Waals surface area contributed by atoms with Crippen molar-refractivity contribution in [2.75, 3.05) is 13.1 Å². The van der Waals surface area contributed by atoms with Crippen molar-refractivity contribution in [1.29, 1.82) is 0 Å². The van der Waals surface area contributed by atoms with Crippen LogP contribution in [0.1, 0.15) is 29.5 Å². The zero-order valence-corrected chi connectivity index (χ0v) is 15.6. The Labute approximate surface area is 153 Å². The number of carbonyl (C=O) groups excluding carboxylic acids is 1. The van der Waals surface area contributed by atoms with Crippen molar-refractivity contribution in [3.8, 4) is 0 Å². The third-order valence-electron chi connectivity index (χ3n) is 4.78. The predicted octanol–water partition coefficient (Wildman–Crippen LogP) is 3.23. The molecule has 0 spiro atoms. The number of piperidine rings is 1. The lowest BCUT2D eigenvalue weighted by Gasteiger charge is -2.31. The fourth-order valence-electron chi connectivity index (χ4n) is 3.27. The Balaban J connectivity index is 1.41. The van der Waals surface area contributed by atoms with Gasteiger partial charge in [0.2, 0.25) is 5.91 Å². The molecule has 4 rings (SSSR count). The largest absolute Gasteiger partial charge is 0.341 e. The van der Waals surface area contributed by atoms with Crippen molar-refractivity contribution in [2.45, 2.75) is 32.2 Å². The van der Waals surface area contributed by atoms with E-state index in [2.05, 4.69) is 12.1 Å². The minimum absolute atomic E-state index is 0.0337. The van der Waals surface area contributed by atoms with Crippen LogP contribution >= 0.6 is 22.7 Å². The quantitative estimate of drug-likeness (QED) is 0.708. The van der Waals surface area contributed by atoms with Crippen LogP contribution in [0, 0.1) is 6.92 Å². The molecule has 3 heterocycles. The van der Waals surface area contributed by atoms with Gasteiger partial charge in [-0.25, -0.2) is 4.98 Å². The van der Waals surface area contributed by atoms with E-state index >= 15 is 0 Å². The molecular weight excluding hydrogens is 354 g/mol. The third-order valence-corrected chi connectivity index (χ3v) is 6.86.